The van der Waals surface area contributed by atoms with Gasteiger partial charge in [-0.2, -0.15) is 0 Å². The molecule has 4 rings (SSSR count). The van der Waals surface area contributed by atoms with E-state index in [9.17, 15) is 9.59 Å². The highest BCUT2D eigenvalue weighted by Crippen LogP contribution is 2.42. The third kappa shape index (κ3) is 7.51. The molecule has 0 aliphatic carbocycles. The molecule has 2 aromatic rings. The Bertz CT molecular complexity index is 1140. The molecule has 1 fully saturated rings. The number of benzene rings is 1. The van der Waals surface area contributed by atoms with Gasteiger partial charge in [0.1, 0.15) is 0 Å². The number of hydrogen-bond acceptors (Lipinski definition) is 7. The maximum absolute atomic E-state index is 13.8. The number of aromatic nitrogens is 1. The average molecular weight is 557 g/mol. The van der Waals surface area contributed by atoms with Crippen molar-refractivity contribution in [2.24, 2.45) is 5.92 Å². The van der Waals surface area contributed by atoms with Gasteiger partial charge in [0, 0.05) is 56.6 Å². The quantitative estimate of drug-likeness (QED) is 0.385. The first kappa shape index (κ1) is 30.2. The largest absolute Gasteiger partial charge is 0.459 e. The Kier molecular flexibility index (Phi) is 11.6. The number of hydrogen-bond donors (Lipinski definition) is 1. The minimum absolute atomic E-state index is 0.0180. The highest BCUT2D eigenvalue weighted by atomic mass is 16.7. The lowest BCUT2D eigenvalue weighted by atomic mass is 9.81. The van der Waals surface area contributed by atoms with Crippen molar-refractivity contribution in [3.05, 3.63) is 47.9 Å². The van der Waals surface area contributed by atoms with Gasteiger partial charge in [0.05, 0.1) is 31.9 Å². The summed E-state index contributed by atoms with van der Waals surface area (Å²) in [5, 5.41) is 9.86. The summed E-state index contributed by atoms with van der Waals surface area (Å²) < 4.78 is 25.3. The van der Waals surface area contributed by atoms with Gasteiger partial charge in [-0.1, -0.05) is 37.5 Å². The lowest BCUT2D eigenvalue weighted by molar-refractivity contribution is -0.172. The minimum atomic E-state index is -0.637. The van der Waals surface area contributed by atoms with Crippen molar-refractivity contribution in [1.82, 2.24) is 9.47 Å². The van der Waals surface area contributed by atoms with E-state index in [0.717, 1.165) is 55.2 Å². The summed E-state index contributed by atoms with van der Waals surface area (Å²) >= 11 is 0. The fourth-order valence-corrected chi connectivity index (χ4v) is 5.73. The molecule has 1 aromatic heterocycles. The number of aliphatic hydroxyl groups is 1. The Balaban J connectivity index is 1.67. The second-order valence-corrected chi connectivity index (χ2v) is 10.4. The van der Waals surface area contributed by atoms with E-state index in [0.29, 0.717) is 38.6 Å². The number of ether oxygens (including phenoxy) is 4. The van der Waals surface area contributed by atoms with Gasteiger partial charge in [0.25, 0.3) is 5.91 Å². The van der Waals surface area contributed by atoms with Gasteiger partial charge in [-0.05, 0) is 43.9 Å². The number of carbonyl (C=O) groups excluding carboxylic acids is 2. The molecule has 0 spiro atoms. The molecule has 3 atom stereocenters. The van der Waals surface area contributed by atoms with Crippen LogP contribution in [0, 0.1) is 5.92 Å². The van der Waals surface area contributed by atoms with E-state index in [1.165, 1.54) is 6.42 Å². The Labute approximate surface area is 237 Å². The highest BCUT2D eigenvalue weighted by Gasteiger charge is 2.40. The topological polar surface area (TPSA) is 99.5 Å². The van der Waals surface area contributed by atoms with Crippen LogP contribution in [-0.2, 0) is 23.7 Å². The molecule has 2 aliphatic rings. The first-order valence-electron chi connectivity index (χ1n) is 14.7. The molecule has 0 radical (unpaired) electrons. The molecule has 1 aromatic carbocycles. The summed E-state index contributed by atoms with van der Waals surface area (Å²) in [5.41, 5.74) is 1.80. The summed E-state index contributed by atoms with van der Waals surface area (Å²) in [4.78, 5) is 28.2. The number of amides is 1. The first-order valence-corrected chi connectivity index (χ1v) is 14.7. The maximum atomic E-state index is 13.8. The zero-order chi connectivity index (χ0) is 28.3. The second kappa shape index (κ2) is 15.3. The molecular weight excluding hydrogens is 512 g/mol. The van der Waals surface area contributed by atoms with Crippen LogP contribution in [0.1, 0.15) is 68.6 Å². The van der Waals surface area contributed by atoms with Crippen molar-refractivity contribution in [3.63, 3.8) is 0 Å². The number of likely N-dealkylation sites (tertiary alicyclic amines) is 1. The van der Waals surface area contributed by atoms with Gasteiger partial charge in [0.2, 0.25) is 12.2 Å². The third-order valence-corrected chi connectivity index (χ3v) is 7.71. The fourth-order valence-electron chi connectivity index (χ4n) is 5.73. The van der Waals surface area contributed by atoms with Gasteiger partial charge in [0.15, 0.2) is 5.76 Å². The van der Waals surface area contributed by atoms with Gasteiger partial charge in [-0.3, -0.25) is 14.2 Å². The Hall–Kier alpha value is -2.72. The van der Waals surface area contributed by atoms with Crippen LogP contribution in [0.2, 0.25) is 0 Å². The van der Waals surface area contributed by atoms with Gasteiger partial charge in [-0.25, -0.2) is 0 Å². The number of fused-ring (bicyclic) bond motifs is 1. The molecule has 0 bridgehead atoms. The molecule has 3 heterocycles. The summed E-state index contributed by atoms with van der Waals surface area (Å²) in [7, 11) is 0. The van der Waals surface area contributed by atoms with Gasteiger partial charge >= 0.3 is 0 Å². The van der Waals surface area contributed by atoms with E-state index < -0.39 is 6.29 Å². The number of para-hydroxylation sites is 1. The molecular formula is C31H44N2O7. The zero-order valence-electron chi connectivity index (χ0n) is 23.9. The Morgan fingerprint density at radius 1 is 1.00 bits per heavy atom. The van der Waals surface area contributed by atoms with Crippen LogP contribution >= 0.6 is 0 Å². The van der Waals surface area contributed by atoms with E-state index in [-0.39, 0.29) is 36.9 Å². The van der Waals surface area contributed by atoms with Crippen molar-refractivity contribution in [2.45, 2.75) is 64.6 Å². The normalized spacial score (nSPS) is 21.9. The molecule has 1 saturated heterocycles. The van der Waals surface area contributed by atoms with Crippen molar-refractivity contribution < 1.29 is 33.6 Å². The molecule has 1 N–H and O–H groups in total. The number of aliphatic hydroxyl groups excluding tert-OH is 1. The summed E-state index contributed by atoms with van der Waals surface area (Å²) in [6.07, 6.45) is 9.29. The van der Waals surface area contributed by atoms with E-state index in [1.807, 2.05) is 48.4 Å². The van der Waals surface area contributed by atoms with E-state index in [2.05, 4.69) is 0 Å². The number of nitrogens with zero attached hydrogens (tertiary/aromatic N) is 2. The van der Waals surface area contributed by atoms with Crippen LogP contribution in [0.4, 0.5) is 0 Å². The molecule has 1 amide bonds. The van der Waals surface area contributed by atoms with Crippen LogP contribution in [0.25, 0.3) is 10.9 Å². The Morgan fingerprint density at radius 3 is 2.40 bits per heavy atom. The van der Waals surface area contributed by atoms with E-state index >= 15 is 0 Å². The lowest BCUT2D eigenvalue weighted by Crippen LogP contribution is -2.41. The SMILES string of the molecule is CCO[C@@H]1OC(C(=O)N2CCCCCCC2)=C[C@H](c2cn(C(C)=O)c3ccccc23)[C@@H]1CCOCCOCCO. The van der Waals surface area contributed by atoms with Crippen LogP contribution in [0.15, 0.2) is 42.3 Å². The predicted octanol–water partition coefficient (Wildman–Crippen LogP) is 4.49. The molecule has 40 heavy (non-hydrogen) atoms. The molecule has 9 nitrogen and oxygen atoms in total. The van der Waals surface area contributed by atoms with Crippen molar-refractivity contribution in [1.29, 1.82) is 0 Å². The fraction of sp³-hybridized carbons (Fsp3) is 0.613. The predicted molar refractivity (Wildman–Crippen MR) is 152 cm³/mol. The summed E-state index contributed by atoms with van der Waals surface area (Å²) in [5.74, 6) is -0.215. The molecule has 9 heteroatoms. The highest BCUT2D eigenvalue weighted by molar-refractivity contribution is 5.95. The Morgan fingerprint density at radius 2 is 1.70 bits per heavy atom. The number of carbonyl (C=O) groups is 2. The van der Waals surface area contributed by atoms with E-state index in [4.69, 9.17) is 24.1 Å². The lowest BCUT2D eigenvalue weighted by Gasteiger charge is -2.38. The molecule has 220 valence electrons. The maximum Gasteiger partial charge on any atom is 0.288 e. The van der Waals surface area contributed by atoms with E-state index in [1.54, 1.807) is 11.5 Å². The van der Waals surface area contributed by atoms with Crippen LogP contribution < -0.4 is 0 Å². The second-order valence-electron chi connectivity index (χ2n) is 10.4. The van der Waals surface area contributed by atoms with Crippen molar-refractivity contribution in [2.75, 3.05) is 52.7 Å². The minimum Gasteiger partial charge on any atom is -0.459 e. The van der Waals surface area contributed by atoms with Gasteiger partial charge < -0.3 is 29.0 Å². The first-order chi connectivity index (χ1) is 19.5. The van der Waals surface area contributed by atoms with Crippen molar-refractivity contribution >= 4 is 22.7 Å². The smallest absolute Gasteiger partial charge is 0.288 e. The summed E-state index contributed by atoms with van der Waals surface area (Å²) in [6, 6.07) is 7.86. The zero-order valence-corrected chi connectivity index (χ0v) is 23.9. The third-order valence-electron chi connectivity index (χ3n) is 7.71. The molecule has 2 aliphatic heterocycles. The van der Waals surface area contributed by atoms with Crippen molar-refractivity contribution in [3.8, 4) is 0 Å². The van der Waals surface area contributed by atoms with Crippen LogP contribution in [0.3, 0.4) is 0 Å². The standard InChI is InChI=1S/C31H44N2O7/c1-3-39-31-25(13-17-37-19-20-38-18-16-34)26(27-22-33(23(2)35)28-12-8-7-11-24(27)28)21-29(40-31)30(36)32-14-9-5-4-6-10-15-32/h7-8,11-12,21-22,25-26,31,34H,3-6,9-10,13-20H2,1-2H3/t25-,26-,31+/m0/s1. The summed E-state index contributed by atoms with van der Waals surface area (Å²) in [6.45, 7) is 6.89. The molecule has 0 unspecified atom stereocenters. The average Bonchev–Trinajstić information content (AvgIpc) is 3.33. The van der Waals surface area contributed by atoms with Crippen LogP contribution in [0.5, 0.6) is 0 Å². The monoisotopic (exact) mass is 556 g/mol. The number of rotatable bonds is 12. The van der Waals surface area contributed by atoms with Crippen LogP contribution in [-0.4, -0.2) is 85.4 Å². The molecule has 0 saturated carbocycles. The number of allylic oxidation sites excluding steroid dienone is 1. The van der Waals surface area contributed by atoms with Gasteiger partial charge in [-0.15, -0.1) is 0 Å².